The lowest BCUT2D eigenvalue weighted by Gasteiger charge is -2.13. The van der Waals surface area contributed by atoms with Crippen LogP contribution in [0.3, 0.4) is 0 Å². The highest BCUT2D eigenvalue weighted by atomic mass is 79.9. The summed E-state index contributed by atoms with van der Waals surface area (Å²) in [6, 6.07) is 7.76. The molecule has 96 valence electrons. The van der Waals surface area contributed by atoms with E-state index in [9.17, 15) is 0 Å². The molecule has 0 N–H and O–H groups in total. The molecule has 0 aromatic heterocycles. The number of hydrogen-bond acceptors (Lipinski definition) is 2. The van der Waals surface area contributed by atoms with Crippen molar-refractivity contribution < 1.29 is 0 Å². The molecule has 1 nitrogen and oxygen atoms in total. The molecule has 0 bridgehead atoms. The Kier molecular flexibility index (Phi) is 10.1. The van der Waals surface area contributed by atoms with Crippen molar-refractivity contribution in [3.63, 3.8) is 0 Å². The summed E-state index contributed by atoms with van der Waals surface area (Å²) in [7, 11) is 0. The smallest absolute Gasteiger partial charge is 0.0748 e. The molecule has 0 unspecified atom stereocenters. The molecule has 4 heteroatoms. The molecule has 1 aromatic rings. The van der Waals surface area contributed by atoms with E-state index in [-0.39, 0.29) is 0 Å². The normalized spacial score (nSPS) is 9.76. The molecule has 1 rings (SSSR count). The summed E-state index contributed by atoms with van der Waals surface area (Å²) < 4.78 is 1.66. The van der Waals surface area contributed by atoms with Gasteiger partial charge >= 0.3 is 0 Å². The van der Waals surface area contributed by atoms with Crippen LogP contribution in [0.4, 0.5) is 0 Å². The third kappa shape index (κ3) is 7.92. The van der Waals surface area contributed by atoms with Crippen LogP contribution in [0.25, 0.3) is 0 Å². The van der Waals surface area contributed by atoms with Gasteiger partial charge in [-0.05, 0) is 37.3 Å². The second-order valence-corrected chi connectivity index (χ2v) is 5.51. The van der Waals surface area contributed by atoms with Gasteiger partial charge in [0.2, 0.25) is 0 Å². The highest BCUT2D eigenvalue weighted by Crippen LogP contribution is 2.13. The van der Waals surface area contributed by atoms with Gasteiger partial charge in [-0.1, -0.05) is 61.1 Å². The third-order valence-corrected chi connectivity index (χ3v) is 3.40. The van der Waals surface area contributed by atoms with Gasteiger partial charge in [-0.2, -0.15) is 0 Å². The fourth-order valence-electron chi connectivity index (χ4n) is 1.29. The lowest BCUT2D eigenvalue weighted by atomic mass is 10.2. The zero-order valence-corrected chi connectivity index (χ0v) is 13.9. The molecule has 0 spiro atoms. The van der Waals surface area contributed by atoms with Gasteiger partial charge in [0.1, 0.15) is 0 Å². The van der Waals surface area contributed by atoms with Crippen LogP contribution in [-0.2, 0) is 0 Å². The SMILES string of the molecule is CCN(CC)CC.S=C(S)c1cccc(Br)c1. The van der Waals surface area contributed by atoms with Crippen LogP contribution in [0.5, 0.6) is 0 Å². The quantitative estimate of drug-likeness (QED) is 0.642. The van der Waals surface area contributed by atoms with Gasteiger partial charge in [-0.3, -0.25) is 0 Å². The Balaban J connectivity index is 0.000000325. The zero-order valence-electron chi connectivity index (χ0n) is 10.6. The number of thiocarbonyl (C=S) groups is 1. The Morgan fingerprint density at radius 1 is 1.24 bits per heavy atom. The van der Waals surface area contributed by atoms with E-state index in [2.05, 4.69) is 54.2 Å². The summed E-state index contributed by atoms with van der Waals surface area (Å²) in [5.41, 5.74) is 0.979. The summed E-state index contributed by atoms with van der Waals surface area (Å²) in [5.74, 6) is 0. The van der Waals surface area contributed by atoms with Crippen molar-refractivity contribution >= 4 is 45.0 Å². The molecule has 1 aromatic carbocycles. The number of rotatable bonds is 4. The standard InChI is InChI=1S/C7H5BrS2.C6H15N/c8-6-3-1-2-5(4-6)7(9)10;1-4-7(5-2)6-3/h1-4H,(H,9,10);4-6H2,1-3H3. The van der Waals surface area contributed by atoms with E-state index < -0.39 is 0 Å². The van der Waals surface area contributed by atoms with Crippen LogP contribution < -0.4 is 0 Å². The maximum absolute atomic E-state index is 4.87. The Hall–Kier alpha value is 0.1000. The maximum atomic E-state index is 4.87. The predicted molar refractivity (Wildman–Crippen MR) is 88.3 cm³/mol. The summed E-state index contributed by atoms with van der Waals surface area (Å²) in [6.07, 6.45) is 0. The van der Waals surface area contributed by atoms with Crippen molar-refractivity contribution in [1.29, 1.82) is 0 Å². The molecular formula is C13H20BrNS2. The Morgan fingerprint density at radius 2 is 1.76 bits per heavy atom. The Labute approximate surface area is 124 Å². The molecular weight excluding hydrogens is 314 g/mol. The van der Waals surface area contributed by atoms with E-state index in [0.29, 0.717) is 4.20 Å². The fourth-order valence-corrected chi connectivity index (χ4v) is 1.96. The van der Waals surface area contributed by atoms with Crippen molar-refractivity contribution in [2.75, 3.05) is 19.6 Å². The molecule has 0 aliphatic rings. The second kappa shape index (κ2) is 10.1. The van der Waals surface area contributed by atoms with E-state index in [1.54, 1.807) is 0 Å². The van der Waals surface area contributed by atoms with Crippen LogP contribution in [-0.4, -0.2) is 28.7 Å². The first kappa shape index (κ1) is 17.1. The number of benzene rings is 1. The van der Waals surface area contributed by atoms with Gasteiger partial charge in [0.25, 0.3) is 0 Å². The van der Waals surface area contributed by atoms with Crippen molar-refractivity contribution in [2.24, 2.45) is 0 Å². The number of thiol groups is 1. The molecule has 17 heavy (non-hydrogen) atoms. The first-order chi connectivity index (χ1) is 8.04. The van der Waals surface area contributed by atoms with Crippen molar-refractivity contribution in [1.82, 2.24) is 4.90 Å². The molecule has 0 fully saturated rings. The van der Waals surface area contributed by atoms with Crippen molar-refractivity contribution in [3.8, 4) is 0 Å². The minimum atomic E-state index is 0.626. The number of hydrogen-bond donors (Lipinski definition) is 1. The van der Waals surface area contributed by atoms with E-state index in [1.165, 1.54) is 19.6 Å². The molecule has 0 aliphatic heterocycles. The van der Waals surface area contributed by atoms with Crippen LogP contribution in [0.2, 0.25) is 0 Å². The molecule has 0 radical (unpaired) electrons. The number of nitrogens with zero attached hydrogens (tertiary/aromatic N) is 1. The molecule has 0 heterocycles. The lowest BCUT2D eigenvalue weighted by Crippen LogP contribution is -2.21. The zero-order chi connectivity index (χ0) is 13.3. The molecule has 0 atom stereocenters. The van der Waals surface area contributed by atoms with Crippen LogP contribution in [0, 0.1) is 0 Å². The van der Waals surface area contributed by atoms with Gasteiger partial charge in [0.15, 0.2) is 0 Å². The van der Waals surface area contributed by atoms with Gasteiger partial charge < -0.3 is 4.90 Å². The number of halogens is 1. The maximum Gasteiger partial charge on any atom is 0.0748 e. The first-order valence-corrected chi connectivity index (χ1v) is 7.41. The Bertz CT molecular complexity index is 332. The lowest BCUT2D eigenvalue weighted by molar-refractivity contribution is 0.321. The summed E-state index contributed by atoms with van der Waals surface area (Å²) >= 11 is 12.2. The van der Waals surface area contributed by atoms with E-state index in [4.69, 9.17) is 12.2 Å². The van der Waals surface area contributed by atoms with Gasteiger partial charge in [0.05, 0.1) is 4.20 Å². The minimum Gasteiger partial charge on any atom is -0.304 e. The third-order valence-electron chi connectivity index (χ3n) is 2.41. The monoisotopic (exact) mass is 333 g/mol. The van der Waals surface area contributed by atoms with Gasteiger partial charge in [0, 0.05) is 4.47 Å². The molecule has 0 saturated carbocycles. The average Bonchev–Trinajstić information content (AvgIpc) is 2.32. The topological polar surface area (TPSA) is 3.24 Å². The van der Waals surface area contributed by atoms with Crippen LogP contribution >= 0.6 is 40.8 Å². The second-order valence-electron chi connectivity index (χ2n) is 3.44. The van der Waals surface area contributed by atoms with Gasteiger partial charge in [-0.25, -0.2) is 0 Å². The molecule has 0 amide bonds. The highest BCUT2D eigenvalue weighted by Gasteiger charge is 1.94. The molecule has 0 saturated heterocycles. The molecule has 0 aliphatic carbocycles. The average molecular weight is 334 g/mol. The summed E-state index contributed by atoms with van der Waals surface area (Å²) in [6.45, 7) is 10.1. The Morgan fingerprint density at radius 3 is 2.00 bits per heavy atom. The van der Waals surface area contributed by atoms with Gasteiger partial charge in [-0.15, -0.1) is 12.6 Å². The van der Waals surface area contributed by atoms with Crippen LogP contribution in [0.1, 0.15) is 26.3 Å². The predicted octanol–water partition coefficient (Wildman–Crippen LogP) is 4.40. The fraction of sp³-hybridized carbons (Fsp3) is 0.462. The minimum absolute atomic E-state index is 0.626. The first-order valence-electron chi connectivity index (χ1n) is 5.76. The van der Waals surface area contributed by atoms with E-state index in [0.717, 1.165) is 10.0 Å². The highest BCUT2D eigenvalue weighted by molar-refractivity contribution is 9.10. The van der Waals surface area contributed by atoms with E-state index in [1.807, 2.05) is 24.3 Å². The van der Waals surface area contributed by atoms with Crippen LogP contribution in [0.15, 0.2) is 28.7 Å². The largest absolute Gasteiger partial charge is 0.304 e. The van der Waals surface area contributed by atoms with E-state index >= 15 is 0 Å². The van der Waals surface area contributed by atoms with Crippen molar-refractivity contribution in [2.45, 2.75) is 20.8 Å². The summed E-state index contributed by atoms with van der Waals surface area (Å²) in [4.78, 5) is 2.38. The van der Waals surface area contributed by atoms with Crippen molar-refractivity contribution in [3.05, 3.63) is 34.3 Å². The summed E-state index contributed by atoms with van der Waals surface area (Å²) in [5, 5.41) is 0.